The molecule has 116 valence electrons. The molecule has 2 atom stereocenters. The van der Waals surface area contributed by atoms with Crippen molar-refractivity contribution < 1.29 is 9.53 Å². The van der Waals surface area contributed by atoms with E-state index < -0.39 is 0 Å². The van der Waals surface area contributed by atoms with Gasteiger partial charge in [0, 0.05) is 12.6 Å². The highest BCUT2D eigenvalue weighted by Gasteiger charge is 2.24. The number of nitrogens with one attached hydrogen (secondary N) is 1. The number of nitrogens with two attached hydrogens (primary N) is 1. The lowest BCUT2D eigenvalue weighted by Crippen LogP contribution is -2.41. The fourth-order valence-corrected chi connectivity index (χ4v) is 2.74. The zero-order valence-electron chi connectivity index (χ0n) is 12.8. The van der Waals surface area contributed by atoms with Crippen LogP contribution in [0.1, 0.15) is 50.6 Å². The molecular weight excluding hydrogens is 264 g/mol. The van der Waals surface area contributed by atoms with Gasteiger partial charge in [0.05, 0.1) is 6.10 Å². The van der Waals surface area contributed by atoms with Crippen molar-refractivity contribution in [3.05, 3.63) is 35.9 Å². The summed E-state index contributed by atoms with van der Waals surface area (Å²) in [6.07, 6.45) is 5.17. The molecule has 1 saturated carbocycles. The van der Waals surface area contributed by atoms with Crippen molar-refractivity contribution >= 4 is 5.91 Å². The molecule has 1 aliphatic carbocycles. The molecule has 1 aromatic rings. The molecule has 2 unspecified atom stereocenters. The Balaban J connectivity index is 1.79. The molecule has 4 heteroatoms. The van der Waals surface area contributed by atoms with Crippen molar-refractivity contribution in [1.82, 2.24) is 5.32 Å². The minimum Gasteiger partial charge on any atom is -0.365 e. The third-order valence-electron chi connectivity index (χ3n) is 4.05. The summed E-state index contributed by atoms with van der Waals surface area (Å²) in [5.41, 5.74) is 7.12. The summed E-state index contributed by atoms with van der Waals surface area (Å²) in [4.78, 5) is 12.2. The summed E-state index contributed by atoms with van der Waals surface area (Å²) >= 11 is 0. The molecule has 0 spiro atoms. The number of amides is 1. The van der Waals surface area contributed by atoms with Gasteiger partial charge in [-0.05, 0) is 24.8 Å². The second kappa shape index (κ2) is 8.15. The van der Waals surface area contributed by atoms with Crippen LogP contribution in [-0.2, 0) is 9.53 Å². The van der Waals surface area contributed by atoms with Crippen molar-refractivity contribution in [1.29, 1.82) is 0 Å². The Bertz CT molecular complexity index is 430. The van der Waals surface area contributed by atoms with Gasteiger partial charge in [0.2, 0.25) is 5.91 Å². The quantitative estimate of drug-likeness (QED) is 0.811. The van der Waals surface area contributed by atoms with Gasteiger partial charge < -0.3 is 15.8 Å². The van der Waals surface area contributed by atoms with E-state index in [0.717, 1.165) is 18.4 Å². The van der Waals surface area contributed by atoms with Crippen LogP contribution in [0.15, 0.2) is 30.3 Å². The van der Waals surface area contributed by atoms with E-state index in [2.05, 4.69) is 5.32 Å². The van der Waals surface area contributed by atoms with Crippen LogP contribution in [0.2, 0.25) is 0 Å². The standard InChI is InChI=1S/C17H26N2O2/c1-2-16(21-14-10-6-7-11-14)17(20)19-12-15(18)13-8-4-3-5-9-13/h3-5,8-9,14-16H,2,6-7,10-12,18H2,1H3,(H,19,20). The smallest absolute Gasteiger partial charge is 0.249 e. The van der Waals surface area contributed by atoms with Crippen LogP contribution in [0.25, 0.3) is 0 Å². The average molecular weight is 290 g/mol. The van der Waals surface area contributed by atoms with E-state index in [4.69, 9.17) is 10.5 Å². The van der Waals surface area contributed by atoms with E-state index in [9.17, 15) is 4.79 Å². The van der Waals surface area contributed by atoms with Gasteiger partial charge in [0.15, 0.2) is 0 Å². The van der Waals surface area contributed by atoms with Gasteiger partial charge in [-0.2, -0.15) is 0 Å². The van der Waals surface area contributed by atoms with E-state index in [1.165, 1.54) is 12.8 Å². The van der Waals surface area contributed by atoms with Crippen LogP contribution in [0, 0.1) is 0 Å². The molecule has 21 heavy (non-hydrogen) atoms. The van der Waals surface area contributed by atoms with Crippen molar-refractivity contribution in [2.24, 2.45) is 5.73 Å². The highest BCUT2D eigenvalue weighted by molar-refractivity contribution is 5.80. The third-order valence-corrected chi connectivity index (χ3v) is 4.05. The zero-order valence-corrected chi connectivity index (χ0v) is 12.8. The predicted molar refractivity (Wildman–Crippen MR) is 83.8 cm³/mol. The van der Waals surface area contributed by atoms with Crippen LogP contribution in [0.4, 0.5) is 0 Å². The van der Waals surface area contributed by atoms with Gasteiger partial charge in [-0.15, -0.1) is 0 Å². The monoisotopic (exact) mass is 290 g/mol. The number of benzene rings is 1. The van der Waals surface area contributed by atoms with Crippen LogP contribution in [-0.4, -0.2) is 24.7 Å². The van der Waals surface area contributed by atoms with Gasteiger partial charge in [-0.3, -0.25) is 4.79 Å². The summed E-state index contributed by atoms with van der Waals surface area (Å²) in [6, 6.07) is 9.63. The van der Waals surface area contributed by atoms with Gasteiger partial charge in [-0.1, -0.05) is 50.1 Å². The molecule has 4 nitrogen and oxygen atoms in total. The number of carbonyl (C=O) groups is 1. The van der Waals surface area contributed by atoms with E-state index in [-0.39, 0.29) is 24.2 Å². The first kappa shape index (κ1) is 16.0. The van der Waals surface area contributed by atoms with Crippen LogP contribution >= 0.6 is 0 Å². The molecule has 1 fully saturated rings. The second-order valence-corrected chi connectivity index (χ2v) is 5.70. The molecule has 1 aromatic carbocycles. The Morgan fingerprint density at radius 3 is 2.62 bits per heavy atom. The number of rotatable bonds is 7. The Kier molecular flexibility index (Phi) is 6.21. The van der Waals surface area contributed by atoms with Crippen molar-refractivity contribution in [2.45, 2.75) is 57.3 Å². The van der Waals surface area contributed by atoms with E-state index >= 15 is 0 Å². The molecule has 0 bridgehead atoms. The van der Waals surface area contributed by atoms with Crippen LogP contribution in [0.5, 0.6) is 0 Å². The molecular formula is C17H26N2O2. The fourth-order valence-electron chi connectivity index (χ4n) is 2.74. The normalized spacial score (nSPS) is 18.4. The zero-order chi connectivity index (χ0) is 15.1. The molecule has 0 heterocycles. The molecule has 0 aromatic heterocycles. The maximum absolute atomic E-state index is 12.2. The SMILES string of the molecule is CCC(OC1CCCC1)C(=O)NCC(N)c1ccccc1. The third kappa shape index (κ3) is 4.83. The Morgan fingerprint density at radius 2 is 2.00 bits per heavy atom. The van der Waals surface area contributed by atoms with Crippen LogP contribution in [0.3, 0.4) is 0 Å². The minimum atomic E-state index is -0.351. The highest BCUT2D eigenvalue weighted by atomic mass is 16.5. The van der Waals surface area contributed by atoms with Gasteiger partial charge in [-0.25, -0.2) is 0 Å². The number of carbonyl (C=O) groups excluding carboxylic acids is 1. The maximum Gasteiger partial charge on any atom is 0.249 e. The maximum atomic E-state index is 12.2. The summed E-state index contributed by atoms with van der Waals surface area (Å²) in [6.45, 7) is 2.42. The van der Waals surface area contributed by atoms with Gasteiger partial charge >= 0.3 is 0 Å². The Morgan fingerprint density at radius 1 is 1.33 bits per heavy atom. The molecule has 0 saturated heterocycles. The largest absolute Gasteiger partial charge is 0.365 e. The number of hydrogen-bond donors (Lipinski definition) is 2. The second-order valence-electron chi connectivity index (χ2n) is 5.70. The average Bonchev–Trinajstić information content (AvgIpc) is 3.03. The first-order chi connectivity index (χ1) is 10.2. The van der Waals surface area contributed by atoms with Crippen LogP contribution < -0.4 is 11.1 Å². The number of hydrogen-bond acceptors (Lipinski definition) is 3. The predicted octanol–water partition coefficient (Wildman–Crippen LogP) is 2.54. The van der Waals surface area contributed by atoms with Gasteiger partial charge in [0.1, 0.15) is 6.10 Å². The van der Waals surface area contributed by atoms with E-state index in [0.29, 0.717) is 13.0 Å². The summed E-state index contributed by atoms with van der Waals surface area (Å²) in [5.74, 6) is -0.0456. The first-order valence-corrected chi connectivity index (χ1v) is 7.94. The summed E-state index contributed by atoms with van der Waals surface area (Å²) in [7, 11) is 0. The molecule has 1 aliphatic rings. The van der Waals surface area contributed by atoms with Crippen molar-refractivity contribution in [3.8, 4) is 0 Å². The highest BCUT2D eigenvalue weighted by Crippen LogP contribution is 2.23. The number of ether oxygens (including phenoxy) is 1. The lowest BCUT2D eigenvalue weighted by atomic mass is 10.1. The van der Waals surface area contributed by atoms with E-state index in [1.807, 2.05) is 37.3 Å². The van der Waals surface area contributed by atoms with Crippen molar-refractivity contribution in [2.75, 3.05) is 6.54 Å². The molecule has 1 amide bonds. The first-order valence-electron chi connectivity index (χ1n) is 7.94. The minimum absolute atomic E-state index is 0.0456. The molecule has 0 radical (unpaired) electrons. The van der Waals surface area contributed by atoms with Crippen molar-refractivity contribution in [3.63, 3.8) is 0 Å². The molecule has 2 rings (SSSR count). The topological polar surface area (TPSA) is 64.3 Å². The summed E-state index contributed by atoms with van der Waals surface area (Å²) in [5, 5.41) is 2.92. The molecule has 0 aliphatic heterocycles. The fraction of sp³-hybridized carbons (Fsp3) is 0.588. The summed E-state index contributed by atoms with van der Waals surface area (Å²) < 4.78 is 5.91. The Hall–Kier alpha value is -1.39. The lowest BCUT2D eigenvalue weighted by molar-refractivity contribution is -0.136. The Labute approximate surface area is 127 Å². The molecule has 3 N–H and O–H groups in total. The van der Waals surface area contributed by atoms with E-state index in [1.54, 1.807) is 0 Å². The lowest BCUT2D eigenvalue weighted by Gasteiger charge is -2.21. The van der Waals surface area contributed by atoms with Gasteiger partial charge in [0.25, 0.3) is 0 Å².